The van der Waals surface area contributed by atoms with Crippen molar-refractivity contribution in [1.82, 2.24) is 5.01 Å². The fraction of sp³-hybridized carbons (Fsp3) is 0.455. The lowest BCUT2D eigenvalue weighted by Crippen LogP contribution is -2.40. The molecule has 0 aromatic heterocycles. The summed E-state index contributed by atoms with van der Waals surface area (Å²) in [6.07, 6.45) is 0. The normalized spacial score (nSPS) is 17.1. The summed E-state index contributed by atoms with van der Waals surface area (Å²) in [4.78, 5) is 0. The molecule has 1 heterocycles. The molecular formula is C11H17N3O2. The number of anilines is 2. The fourth-order valence-electron chi connectivity index (χ4n) is 1.64. The van der Waals surface area contributed by atoms with Gasteiger partial charge in [-0.15, -0.1) is 0 Å². The number of hydrazine groups is 1. The summed E-state index contributed by atoms with van der Waals surface area (Å²) in [5.74, 6) is 0.693. The summed E-state index contributed by atoms with van der Waals surface area (Å²) in [6.45, 7) is 3.29. The minimum absolute atomic E-state index is 0.648. The molecule has 1 aliphatic rings. The molecule has 0 amide bonds. The van der Waals surface area contributed by atoms with Gasteiger partial charge in [0.1, 0.15) is 5.75 Å². The van der Waals surface area contributed by atoms with Gasteiger partial charge in [-0.05, 0) is 12.1 Å². The predicted octanol–water partition coefficient (Wildman–Crippen LogP) is 0.936. The van der Waals surface area contributed by atoms with E-state index in [4.69, 9.17) is 15.2 Å². The van der Waals surface area contributed by atoms with Crippen molar-refractivity contribution in [1.29, 1.82) is 0 Å². The van der Waals surface area contributed by atoms with Crippen molar-refractivity contribution < 1.29 is 9.47 Å². The van der Waals surface area contributed by atoms with Crippen molar-refractivity contribution in [3.05, 3.63) is 18.2 Å². The Morgan fingerprint density at radius 3 is 2.81 bits per heavy atom. The van der Waals surface area contributed by atoms with Crippen molar-refractivity contribution in [2.75, 3.05) is 44.6 Å². The van der Waals surface area contributed by atoms with Crippen LogP contribution < -0.4 is 15.9 Å². The van der Waals surface area contributed by atoms with Crippen LogP contribution in [0.15, 0.2) is 18.2 Å². The minimum Gasteiger partial charge on any atom is -0.495 e. The largest absolute Gasteiger partial charge is 0.495 e. The SMILES string of the molecule is COc1cc(NN2CCOCC2)ccc1N. The van der Waals surface area contributed by atoms with Crippen LogP contribution in [0.25, 0.3) is 0 Å². The molecule has 16 heavy (non-hydrogen) atoms. The molecule has 0 spiro atoms. The molecule has 1 aliphatic heterocycles. The highest BCUT2D eigenvalue weighted by Gasteiger charge is 2.10. The van der Waals surface area contributed by atoms with Gasteiger partial charge in [-0.2, -0.15) is 0 Å². The van der Waals surface area contributed by atoms with Crippen LogP contribution in [0.2, 0.25) is 0 Å². The average Bonchev–Trinajstić information content (AvgIpc) is 2.33. The maximum Gasteiger partial charge on any atom is 0.143 e. The standard InChI is InChI=1S/C11H17N3O2/c1-15-11-8-9(2-3-10(11)12)13-14-4-6-16-7-5-14/h2-3,8,13H,4-7,12H2,1H3. The first-order valence-corrected chi connectivity index (χ1v) is 5.32. The van der Waals surface area contributed by atoms with Crippen molar-refractivity contribution in [2.24, 2.45) is 0 Å². The number of benzene rings is 1. The molecule has 3 N–H and O–H groups in total. The first kappa shape index (κ1) is 11.0. The van der Waals surface area contributed by atoms with Gasteiger partial charge in [-0.1, -0.05) is 0 Å². The number of ether oxygens (including phenoxy) is 2. The van der Waals surface area contributed by atoms with Crippen LogP contribution in [0, 0.1) is 0 Å². The van der Waals surface area contributed by atoms with Crippen LogP contribution in [0.4, 0.5) is 11.4 Å². The predicted molar refractivity (Wildman–Crippen MR) is 63.4 cm³/mol. The number of nitrogens with two attached hydrogens (primary N) is 1. The van der Waals surface area contributed by atoms with E-state index in [1.807, 2.05) is 18.2 Å². The van der Waals surface area contributed by atoms with Gasteiger partial charge in [-0.3, -0.25) is 0 Å². The molecule has 0 radical (unpaired) electrons. The van der Waals surface area contributed by atoms with E-state index in [0.717, 1.165) is 32.0 Å². The Morgan fingerprint density at radius 2 is 2.12 bits per heavy atom. The van der Waals surface area contributed by atoms with Crippen molar-refractivity contribution in [2.45, 2.75) is 0 Å². The number of nitrogens with one attached hydrogen (secondary N) is 1. The van der Waals surface area contributed by atoms with Crippen molar-refractivity contribution in [3.63, 3.8) is 0 Å². The highest BCUT2D eigenvalue weighted by atomic mass is 16.5. The maximum absolute atomic E-state index is 5.75. The molecule has 0 unspecified atom stereocenters. The summed E-state index contributed by atoms with van der Waals surface area (Å²) in [6, 6.07) is 5.67. The van der Waals surface area contributed by atoms with E-state index in [0.29, 0.717) is 11.4 Å². The molecule has 0 aliphatic carbocycles. The topological polar surface area (TPSA) is 59.8 Å². The second-order valence-electron chi connectivity index (χ2n) is 3.67. The monoisotopic (exact) mass is 223 g/mol. The van der Waals surface area contributed by atoms with Gasteiger partial charge in [-0.25, -0.2) is 5.01 Å². The number of hydrogen-bond acceptors (Lipinski definition) is 5. The van der Waals surface area contributed by atoms with Gasteiger partial charge in [0.05, 0.1) is 31.7 Å². The minimum atomic E-state index is 0.648. The second kappa shape index (κ2) is 5.05. The summed E-state index contributed by atoms with van der Waals surface area (Å²) in [5, 5.41) is 2.12. The molecule has 5 nitrogen and oxygen atoms in total. The Labute approximate surface area is 95.1 Å². The van der Waals surface area contributed by atoms with Gasteiger partial charge in [0.2, 0.25) is 0 Å². The van der Waals surface area contributed by atoms with Gasteiger partial charge in [0.15, 0.2) is 0 Å². The fourth-order valence-corrected chi connectivity index (χ4v) is 1.64. The van der Waals surface area contributed by atoms with Crippen LogP contribution in [0.1, 0.15) is 0 Å². The molecule has 5 heteroatoms. The Kier molecular flexibility index (Phi) is 3.48. The number of rotatable bonds is 3. The van der Waals surface area contributed by atoms with Crippen molar-refractivity contribution in [3.8, 4) is 5.75 Å². The van der Waals surface area contributed by atoms with E-state index in [1.54, 1.807) is 7.11 Å². The lowest BCUT2D eigenvalue weighted by Gasteiger charge is -2.28. The summed E-state index contributed by atoms with van der Waals surface area (Å²) < 4.78 is 10.4. The summed E-state index contributed by atoms with van der Waals surface area (Å²) in [5.41, 5.74) is 10.7. The van der Waals surface area contributed by atoms with E-state index in [1.165, 1.54) is 0 Å². The first-order chi connectivity index (χ1) is 7.79. The summed E-state index contributed by atoms with van der Waals surface area (Å²) >= 11 is 0. The Bertz CT molecular complexity index is 351. The van der Waals surface area contributed by atoms with E-state index in [2.05, 4.69) is 10.4 Å². The smallest absolute Gasteiger partial charge is 0.143 e. The number of hydrogen-bond donors (Lipinski definition) is 2. The van der Waals surface area contributed by atoms with Crippen LogP contribution in [-0.4, -0.2) is 38.4 Å². The Morgan fingerprint density at radius 1 is 1.38 bits per heavy atom. The van der Waals surface area contributed by atoms with Crippen LogP contribution in [0.3, 0.4) is 0 Å². The third-order valence-electron chi connectivity index (χ3n) is 2.53. The zero-order valence-electron chi connectivity index (χ0n) is 9.40. The van der Waals surface area contributed by atoms with Gasteiger partial charge < -0.3 is 20.6 Å². The number of nitrogen functional groups attached to an aromatic ring is 1. The van der Waals surface area contributed by atoms with Crippen LogP contribution >= 0.6 is 0 Å². The molecule has 1 aromatic carbocycles. The lowest BCUT2D eigenvalue weighted by atomic mass is 10.2. The van der Waals surface area contributed by atoms with Crippen molar-refractivity contribution >= 4 is 11.4 Å². The quantitative estimate of drug-likeness (QED) is 0.747. The van der Waals surface area contributed by atoms with E-state index in [-0.39, 0.29) is 0 Å². The second-order valence-corrected chi connectivity index (χ2v) is 3.67. The van der Waals surface area contributed by atoms with Crippen LogP contribution in [-0.2, 0) is 4.74 Å². The van der Waals surface area contributed by atoms with Gasteiger partial charge >= 0.3 is 0 Å². The molecule has 1 fully saturated rings. The van der Waals surface area contributed by atoms with E-state index in [9.17, 15) is 0 Å². The average molecular weight is 223 g/mol. The highest BCUT2D eigenvalue weighted by molar-refractivity contribution is 5.61. The molecule has 0 atom stereocenters. The lowest BCUT2D eigenvalue weighted by molar-refractivity contribution is 0.0497. The maximum atomic E-state index is 5.75. The third-order valence-corrected chi connectivity index (χ3v) is 2.53. The van der Waals surface area contributed by atoms with Gasteiger partial charge in [0, 0.05) is 19.2 Å². The number of methoxy groups -OCH3 is 1. The third kappa shape index (κ3) is 2.56. The highest BCUT2D eigenvalue weighted by Crippen LogP contribution is 2.25. The molecule has 88 valence electrons. The molecule has 2 rings (SSSR count). The number of nitrogens with zero attached hydrogens (tertiary/aromatic N) is 1. The number of morpholine rings is 1. The molecule has 1 saturated heterocycles. The first-order valence-electron chi connectivity index (χ1n) is 5.32. The Hall–Kier alpha value is -1.46. The van der Waals surface area contributed by atoms with Gasteiger partial charge in [0.25, 0.3) is 0 Å². The molecular weight excluding hydrogens is 206 g/mol. The molecule has 0 saturated carbocycles. The Balaban J connectivity index is 2.03. The molecule has 1 aromatic rings. The molecule has 0 bridgehead atoms. The van der Waals surface area contributed by atoms with E-state index < -0.39 is 0 Å². The van der Waals surface area contributed by atoms with Crippen LogP contribution in [0.5, 0.6) is 5.75 Å². The zero-order valence-corrected chi connectivity index (χ0v) is 9.40. The zero-order chi connectivity index (χ0) is 11.4. The summed E-state index contributed by atoms with van der Waals surface area (Å²) in [7, 11) is 1.62. The van der Waals surface area contributed by atoms with E-state index >= 15 is 0 Å².